The van der Waals surface area contributed by atoms with Gasteiger partial charge in [-0.3, -0.25) is 0 Å². The Morgan fingerprint density at radius 1 is 0.625 bits per heavy atom. The molecule has 0 spiro atoms. The molecule has 0 fully saturated rings. The van der Waals surface area contributed by atoms with Gasteiger partial charge in [0.15, 0.2) is 0 Å². The lowest BCUT2D eigenvalue weighted by Crippen LogP contribution is -2.46. The van der Waals surface area contributed by atoms with E-state index in [1.807, 2.05) is 27.7 Å². The molecule has 6 heteroatoms. The first-order chi connectivity index (χ1) is 11.4. The molecule has 0 heterocycles. The molecule has 0 N–H and O–H groups in total. The van der Waals surface area contributed by atoms with Gasteiger partial charge in [-0.25, -0.2) is 0 Å². The number of benzene rings is 1. The molecule has 0 radical (unpaired) electrons. The first-order valence-corrected chi connectivity index (χ1v) is 11.9. The van der Waals surface area contributed by atoms with E-state index in [0.717, 1.165) is 0 Å². The van der Waals surface area contributed by atoms with E-state index in [0.29, 0.717) is 26.4 Å². The van der Waals surface area contributed by atoms with Gasteiger partial charge < -0.3 is 18.9 Å². The van der Waals surface area contributed by atoms with E-state index in [4.69, 9.17) is 18.9 Å². The van der Waals surface area contributed by atoms with Crippen molar-refractivity contribution in [3.05, 3.63) is 24.3 Å². The zero-order chi connectivity index (χ0) is 18.1. The van der Waals surface area contributed by atoms with Crippen LogP contribution in [-0.2, 0) is 18.9 Å². The molecule has 0 unspecified atom stereocenters. The SMILES string of the molecule is CCOC(C)(OCC)[SiH2]c1ccc([SiH2]C(C)(OCC)OCC)cc1. The summed E-state index contributed by atoms with van der Waals surface area (Å²) in [7, 11) is -1.37. The molecule has 0 aliphatic heterocycles. The van der Waals surface area contributed by atoms with E-state index in [2.05, 4.69) is 38.1 Å². The first kappa shape index (κ1) is 21.5. The van der Waals surface area contributed by atoms with Gasteiger partial charge in [-0.15, -0.1) is 0 Å². The van der Waals surface area contributed by atoms with Gasteiger partial charge in [0.25, 0.3) is 0 Å². The minimum atomic E-state index is -0.684. The van der Waals surface area contributed by atoms with Crippen LogP contribution in [0.3, 0.4) is 0 Å². The molecule has 4 nitrogen and oxygen atoms in total. The van der Waals surface area contributed by atoms with Crippen LogP contribution in [0.15, 0.2) is 24.3 Å². The lowest BCUT2D eigenvalue weighted by molar-refractivity contribution is -0.162. The molecule has 1 aromatic carbocycles. The Morgan fingerprint density at radius 3 is 1.08 bits per heavy atom. The van der Waals surface area contributed by atoms with E-state index in [9.17, 15) is 0 Å². The fourth-order valence-electron chi connectivity index (χ4n) is 3.03. The van der Waals surface area contributed by atoms with Crippen molar-refractivity contribution < 1.29 is 18.9 Å². The second-order valence-corrected chi connectivity index (χ2v) is 11.1. The van der Waals surface area contributed by atoms with E-state index in [1.54, 1.807) is 0 Å². The third-order valence-corrected chi connectivity index (χ3v) is 7.73. The fraction of sp³-hybridized carbons (Fsp3) is 0.667. The van der Waals surface area contributed by atoms with Crippen molar-refractivity contribution in [2.75, 3.05) is 26.4 Å². The summed E-state index contributed by atoms with van der Waals surface area (Å²) in [5.41, 5.74) is -0.846. The molecule has 0 aliphatic carbocycles. The molecule has 0 aliphatic rings. The third-order valence-electron chi connectivity index (χ3n) is 3.87. The predicted molar refractivity (Wildman–Crippen MR) is 106 cm³/mol. The molecule has 0 saturated heterocycles. The van der Waals surface area contributed by atoms with Crippen molar-refractivity contribution in [3.63, 3.8) is 0 Å². The van der Waals surface area contributed by atoms with Crippen molar-refractivity contribution in [1.82, 2.24) is 0 Å². The lowest BCUT2D eigenvalue weighted by Gasteiger charge is -2.30. The second kappa shape index (κ2) is 10.5. The highest BCUT2D eigenvalue weighted by atomic mass is 28.2. The van der Waals surface area contributed by atoms with E-state index >= 15 is 0 Å². The second-order valence-electron chi connectivity index (χ2n) is 6.17. The van der Waals surface area contributed by atoms with Gasteiger partial charge in [0.05, 0.1) is 0 Å². The number of hydrogen-bond acceptors (Lipinski definition) is 4. The van der Waals surface area contributed by atoms with Gasteiger partial charge in [-0.1, -0.05) is 34.6 Å². The van der Waals surface area contributed by atoms with Gasteiger partial charge in [0, 0.05) is 26.4 Å². The normalized spacial score (nSPS) is 13.6. The van der Waals surface area contributed by atoms with Crippen LogP contribution in [0.25, 0.3) is 0 Å². The predicted octanol–water partition coefficient (Wildman–Crippen LogP) is 0.768. The molecular formula is C18H34O4Si2. The van der Waals surface area contributed by atoms with Crippen LogP contribution in [0.1, 0.15) is 41.5 Å². The van der Waals surface area contributed by atoms with Gasteiger partial charge in [-0.2, -0.15) is 0 Å². The summed E-state index contributed by atoms with van der Waals surface area (Å²) in [5, 5.41) is 2.71. The van der Waals surface area contributed by atoms with Crippen LogP contribution < -0.4 is 10.4 Å². The van der Waals surface area contributed by atoms with Gasteiger partial charge in [-0.05, 0) is 41.5 Å². The highest BCUT2D eigenvalue weighted by molar-refractivity contribution is 6.58. The van der Waals surface area contributed by atoms with Crippen LogP contribution in [-0.4, -0.2) is 56.3 Å². The largest absolute Gasteiger partial charge is 0.355 e. The molecule has 138 valence electrons. The molecule has 0 amide bonds. The molecule has 0 aromatic heterocycles. The molecular weight excluding hydrogens is 336 g/mol. The minimum absolute atomic E-state index is 0.423. The zero-order valence-corrected chi connectivity index (χ0v) is 19.0. The van der Waals surface area contributed by atoms with Crippen molar-refractivity contribution in [1.29, 1.82) is 0 Å². The maximum Gasteiger partial charge on any atom is 0.147 e. The smallest absolute Gasteiger partial charge is 0.147 e. The molecule has 0 bridgehead atoms. The Labute approximate surface area is 151 Å². The number of hydrogen-bond donors (Lipinski definition) is 0. The monoisotopic (exact) mass is 370 g/mol. The third kappa shape index (κ3) is 7.17. The van der Waals surface area contributed by atoms with Crippen LogP contribution in [0.5, 0.6) is 0 Å². The number of ether oxygens (including phenoxy) is 4. The quantitative estimate of drug-likeness (QED) is 0.402. The summed E-state index contributed by atoms with van der Waals surface area (Å²) in [6.07, 6.45) is 0. The van der Waals surface area contributed by atoms with Crippen LogP contribution in [0, 0.1) is 0 Å². The molecule has 1 aromatic rings. The van der Waals surface area contributed by atoms with Gasteiger partial charge >= 0.3 is 0 Å². The van der Waals surface area contributed by atoms with Crippen LogP contribution in [0.2, 0.25) is 0 Å². The summed E-state index contributed by atoms with van der Waals surface area (Å²) in [6.45, 7) is 14.9. The fourth-order valence-corrected chi connectivity index (χ4v) is 6.68. The van der Waals surface area contributed by atoms with Crippen molar-refractivity contribution >= 4 is 29.4 Å². The van der Waals surface area contributed by atoms with Crippen LogP contribution in [0.4, 0.5) is 0 Å². The summed E-state index contributed by atoms with van der Waals surface area (Å²) < 4.78 is 23.4. The van der Waals surface area contributed by atoms with Gasteiger partial charge in [0.1, 0.15) is 29.9 Å². The Morgan fingerprint density at radius 2 is 0.875 bits per heavy atom. The molecule has 0 saturated carbocycles. The maximum atomic E-state index is 5.86. The zero-order valence-electron chi connectivity index (χ0n) is 16.2. The average molecular weight is 371 g/mol. The van der Waals surface area contributed by atoms with Crippen molar-refractivity contribution in [2.45, 2.75) is 52.4 Å². The van der Waals surface area contributed by atoms with Crippen molar-refractivity contribution in [3.8, 4) is 0 Å². The Balaban J connectivity index is 2.77. The van der Waals surface area contributed by atoms with E-state index in [1.165, 1.54) is 10.4 Å². The Hall–Kier alpha value is -0.506. The van der Waals surface area contributed by atoms with E-state index in [-0.39, 0.29) is 0 Å². The summed E-state index contributed by atoms with van der Waals surface area (Å²) in [4.78, 5) is 0. The maximum absolute atomic E-state index is 5.86. The summed E-state index contributed by atoms with van der Waals surface area (Å²) in [6, 6.07) is 8.90. The Kier molecular flexibility index (Phi) is 9.40. The van der Waals surface area contributed by atoms with E-state index < -0.39 is 29.9 Å². The minimum Gasteiger partial charge on any atom is -0.355 e. The molecule has 1 rings (SSSR count). The molecule has 0 atom stereocenters. The van der Waals surface area contributed by atoms with Gasteiger partial charge in [0.2, 0.25) is 0 Å². The topological polar surface area (TPSA) is 36.9 Å². The summed E-state index contributed by atoms with van der Waals surface area (Å²) >= 11 is 0. The lowest BCUT2D eigenvalue weighted by atomic mass is 10.4. The summed E-state index contributed by atoms with van der Waals surface area (Å²) in [5.74, 6) is 0. The van der Waals surface area contributed by atoms with Crippen LogP contribution >= 0.6 is 0 Å². The van der Waals surface area contributed by atoms with Crippen molar-refractivity contribution in [2.24, 2.45) is 0 Å². The highest BCUT2D eigenvalue weighted by Gasteiger charge is 2.27. The number of rotatable bonds is 12. The Bertz CT molecular complexity index is 410. The molecule has 24 heavy (non-hydrogen) atoms. The standard InChI is InChI=1S/C18H34O4Si2/c1-7-19-17(5,20-8-2)23-15-11-13-16(14-12-15)24-18(6,21-9-3)22-10-4/h11-14H,7-10,23-24H2,1-6H3. The first-order valence-electron chi connectivity index (χ1n) is 9.04. The highest BCUT2D eigenvalue weighted by Crippen LogP contribution is 2.12. The average Bonchev–Trinajstić information content (AvgIpc) is 2.50.